The molecule has 1 aromatic rings. The number of rotatable bonds is 5. The number of hydrogen-bond donors (Lipinski definition) is 0. The van der Waals surface area contributed by atoms with Gasteiger partial charge in [-0.2, -0.15) is 0 Å². The average molecular weight is 338 g/mol. The molecule has 0 amide bonds. The molecular weight excluding hydrogens is 312 g/mol. The van der Waals surface area contributed by atoms with Gasteiger partial charge < -0.3 is 9.47 Å². The van der Waals surface area contributed by atoms with E-state index in [1.165, 1.54) is 17.8 Å². The topological polar surface area (TPSA) is 52.6 Å². The predicted octanol–water partition coefficient (Wildman–Crippen LogP) is 4.22. The van der Waals surface area contributed by atoms with Gasteiger partial charge in [0.05, 0.1) is 0 Å². The summed E-state index contributed by atoms with van der Waals surface area (Å²) in [6, 6.07) is 3.57. The molecule has 1 aliphatic carbocycles. The molecular formula is C18H26O4S. The van der Waals surface area contributed by atoms with E-state index < -0.39 is 11.9 Å². The predicted molar refractivity (Wildman–Crippen MR) is 90.6 cm³/mol. The Bertz CT molecular complexity index is 549. The van der Waals surface area contributed by atoms with Crippen molar-refractivity contribution in [1.29, 1.82) is 0 Å². The summed E-state index contributed by atoms with van der Waals surface area (Å²) >= 11 is 1.36. The molecule has 0 bridgehead atoms. The highest BCUT2D eigenvalue weighted by Gasteiger charge is 2.33. The fraction of sp³-hybridized carbons (Fsp3) is 0.667. The summed E-state index contributed by atoms with van der Waals surface area (Å²) in [6.45, 7) is 8.13. The van der Waals surface area contributed by atoms with Crippen LogP contribution < -0.4 is 0 Å². The molecule has 0 spiro atoms. The van der Waals surface area contributed by atoms with Crippen LogP contribution in [0.4, 0.5) is 0 Å². The molecule has 0 aliphatic heterocycles. The third-order valence-corrected chi connectivity index (χ3v) is 5.49. The fourth-order valence-electron chi connectivity index (χ4n) is 3.19. The molecule has 0 unspecified atom stereocenters. The zero-order valence-electron chi connectivity index (χ0n) is 14.3. The second-order valence-electron chi connectivity index (χ2n) is 6.84. The highest BCUT2D eigenvalue weighted by atomic mass is 32.1. The van der Waals surface area contributed by atoms with E-state index in [1.54, 1.807) is 6.07 Å². The largest absolute Gasteiger partial charge is 0.460 e. The van der Waals surface area contributed by atoms with Crippen LogP contribution in [0.15, 0.2) is 12.1 Å². The van der Waals surface area contributed by atoms with Crippen molar-refractivity contribution in [3.63, 3.8) is 0 Å². The lowest BCUT2D eigenvalue weighted by Crippen LogP contribution is -2.36. The van der Waals surface area contributed by atoms with Gasteiger partial charge in [0.15, 0.2) is 6.61 Å². The lowest BCUT2D eigenvalue weighted by Gasteiger charge is -2.36. The van der Waals surface area contributed by atoms with Crippen LogP contribution in [0.1, 0.15) is 54.6 Å². The van der Waals surface area contributed by atoms with Gasteiger partial charge in [-0.25, -0.2) is 9.59 Å². The Morgan fingerprint density at radius 1 is 1.30 bits per heavy atom. The molecule has 1 saturated carbocycles. The molecule has 3 atom stereocenters. The number of esters is 2. The zero-order valence-corrected chi connectivity index (χ0v) is 15.2. The van der Waals surface area contributed by atoms with Crippen molar-refractivity contribution in [2.24, 2.45) is 17.8 Å². The molecule has 128 valence electrons. The summed E-state index contributed by atoms with van der Waals surface area (Å²) in [7, 11) is 0. The van der Waals surface area contributed by atoms with Gasteiger partial charge in [-0.3, -0.25) is 0 Å². The van der Waals surface area contributed by atoms with E-state index in [4.69, 9.17) is 9.47 Å². The molecule has 1 fully saturated rings. The summed E-state index contributed by atoms with van der Waals surface area (Å²) in [4.78, 5) is 25.4. The normalized spacial score (nSPS) is 24.5. The minimum absolute atomic E-state index is 0.0612. The van der Waals surface area contributed by atoms with Crippen molar-refractivity contribution in [3.8, 4) is 0 Å². The van der Waals surface area contributed by atoms with Gasteiger partial charge in [-0.1, -0.05) is 27.2 Å². The van der Waals surface area contributed by atoms with E-state index in [-0.39, 0.29) is 12.7 Å². The van der Waals surface area contributed by atoms with E-state index in [0.717, 1.165) is 17.7 Å². The van der Waals surface area contributed by atoms with Gasteiger partial charge in [0.1, 0.15) is 11.0 Å². The second-order valence-corrected chi connectivity index (χ2v) is 8.13. The smallest absolute Gasteiger partial charge is 0.348 e. The minimum Gasteiger partial charge on any atom is -0.460 e. The van der Waals surface area contributed by atoms with Crippen LogP contribution in [0, 0.1) is 24.7 Å². The average Bonchev–Trinajstić information content (AvgIpc) is 2.91. The van der Waals surface area contributed by atoms with Crippen LogP contribution in [0.25, 0.3) is 0 Å². The molecule has 0 aromatic carbocycles. The summed E-state index contributed by atoms with van der Waals surface area (Å²) < 4.78 is 10.7. The van der Waals surface area contributed by atoms with Gasteiger partial charge in [0, 0.05) is 4.88 Å². The summed E-state index contributed by atoms with van der Waals surface area (Å²) in [5, 5.41) is 0. The molecule has 5 heteroatoms. The van der Waals surface area contributed by atoms with Crippen molar-refractivity contribution < 1.29 is 19.1 Å². The number of aryl methyl sites for hydroxylation is 1. The second kappa shape index (κ2) is 7.95. The van der Waals surface area contributed by atoms with E-state index in [9.17, 15) is 9.59 Å². The first kappa shape index (κ1) is 18.0. The monoisotopic (exact) mass is 338 g/mol. The molecule has 0 radical (unpaired) electrons. The van der Waals surface area contributed by atoms with Crippen LogP contribution in [-0.2, 0) is 14.3 Å². The van der Waals surface area contributed by atoms with Crippen molar-refractivity contribution in [2.75, 3.05) is 6.61 Å². The highest BCUT2D eigenvalue weighted by Crippen LogP contribution is 2.35. The third-order valence-electron chi connectivity index (χ3n) is 4.51. The third kappa shape index (κ3) is 5.06. The molecule has 1 aliphatic rings. The Morgan fingerprint density at radius 3 is 2.65 bits per heavy atom. The number of carbonyl (C=O) groups excluding carboxylic acids is 2. The van der Waals surface area contributed by atoms with Gasteiger partial charge in [0.2, 0.25) is 0 Å². The number of hydrogen-bond acceptors (Lipinski definition) is 5. The maximum absolute atomic E-state index is 12.0. The highest BCUT2D eigenvalue weighted by molar-refractivity contribution is 7.13. The first-order valence-electron chi connectivity index (χ1n) is 8.30. The maximum atomic E-state index is 12.0. The summed E-state index contributed by atoms with van der Waals surface area (Å²) in [5.74, 6) is 0.538. The molecule has 0 saturated heterocycles. The molecule has 1 heterocycles. The van der Waals surface area contributed by atoms with Crippen LogP contribution in [-0.4, -0.2) is 24.6 Å². The Hall–Kier alpha value is -1.36. The zero-order chi connectivity index (χ0) is 17.0. The van der Waals surface area contributed by atoms with Crippen LogP contribution in [0.3, 0.4) is 0 Å². The quantitative estimate of drug-likeness (QED) is 0.754. The standard InChI is InChI=1S/C18H26O4S/c1-11(2)14-7-5-12(3)9-15(14)22-17(19)10-21-18(20)16-8-6-13(4)23-16/h6,8,11-12,14-15H,5,7,9-10H2,1-4H3/t12-,14+,15-/m1/s1. The maximum Gasteiger partial charge on any atom is 0.348 e. The molecule has 0 N–H and O–H groups in total. The minimum atomic E-state index is -0.461. The van der Waals surface area contributed by atoms with Gasteiger partial charge in [-0.15, -0.1) is 11.3 Å². The van der Waals surface area contributed by atoms with E-state index in [0.29, 0.717) is 22.6 Å². The van der Waals surface area contributed by atoms with Crippen molar-refractivity contribution in [1.82, 2.24) is 0 Å². The number of ether oxygens (including phenoxy) is 2. The van der Waals surface area contributed by atoms with Crippen molar-refractivity contribution >= 4 is 23.3 Å². The first-order valence-corrected chi connectivity index (χ1v) is 9.11. The Morgan fingerprint density at radius 2 is 2.04 bits per heavy atom. The number of carbonyl (C=O) groups is 2. The lowest BCUT2D eigenvalue weighted by atomic mass is 9.75. The molecule has 1 aromatic heterocycles. The molecule has 2 rings (SSSR count). The molecule has 4 nitrogen and oxygen atoms in total. The van der Waals surface area contributed by atoms with Crippen molar-refractivity contribution in [3.05, 3.63) is 21.9 Å². The first-order chi connectivity index (χ1) is 10.9. The lowest BCUT2D eigenvalue weighted by molar-refractivity contribution is -0.159. The number of thiophene rings is 1. The Kier molecular flexibility index (Phi) is 6.22. The van der Waals surface area contributed by atoms with Crippen LogP contribution in [0.5, 0.6) is 0 Å². The van der Waals surface area contributed by atoms with E-state index >= 15 is 0 Å². The van der Waals surface area contributed by atoms with Crippen LogP contribution in [0.2, 0.25) is 0 Å². The van der Waals surface area contributed by atoms with Gasteiger partial charge >= 0.3 is 11.9 Å². The Labute approximate surface area is 142 Å². The molecule has 23 heavy (non-hydrogen) atoms. The van der Waals surface area contributed by atoms with E-state index in [1.807, 2.05) is 13.0 Å². The van der Waals surface area contributed by atoms with Gasteiger partial charge in [0.25, 0.3) is 0 Å². The summed E-state index contributed by atoms with van der Waals surface area (Å²) in [6.07, 6.45) is 3.11. The van der Waals surface area contributed by atoms with Crippen molar-refractivity contribution in [2.45, 2.75) is 53.1 Å². The van der Waals surface area contributed by atoms with Gasteiger partial charge in [-0.05, 0) is 49.7 Å². The SMILES string of the molecule is Cc1ccc(C(=O)OCC(=O)O[C@@H]2C[C@H](C)CC[C@H]2C(C)C)s1. The summed E-state index contributed by atoms with van der Waals surface area (Å²) in [5.41, 5.74) is 0. The van der Waals surface area contributed by atoms with Crippen LogP contribution >= 0.6 is 11.3 Å². The van der Waals surface area contributed by atoms with E-state index in [2.05, 4.69) is 20.8 Å². The Balaban J connectivity index is 1.84. The fourth-order valence-corrected chi connectivity index (χ4v) is 3.95.